The fourth-order valence-corrected chi connectivity index (χ4v) is 4.48. The SMILES string of the molecule is CC(C)(C)OC(=O)NCc1ccc(B2OC(C)(C)C(C)(C)O2)c2cnn(COCC[Si](C)(C)C)c12. The van der Waals surface area contributed by atoms with Gasteiger partial charge in [-0.1, -0.05) is 31.8 Å². The van der Waals surface area contributed by atoms with E-state index in [0.717, 1.165) is 28.0 Å². The Morgan fingerprint density at radius 3 is 2.34 bits per heavy atom. The Kier molecular flexibility index (Phi) is 7.82. The van der Waals surface area contributed by atoms with Crippen molar-refractivity contribution in [3.05, 3.63) is 23.9 Å². The Labute approximate surface area is 211 Å². The highest BCUT2D eigenvalue weighted by atomic mass is 28.3. The standard InChI is InChI=1S/C25H42BN3O5Si/c1-23(2,3)32-22(30)27-15-18-11-12-20(26-33-24(4,5)25(6,7)34-26)19-16-28-29(21(18)19)17-31-13-14-35(8,9)10/h11-12,16H,13-15,17H2,1-10H3,(H,27,30). The van der Waals surface area contributed by atoms with Crippen LogP contribution in [-0.2, 0) is 32.1 Å². The van der Waals surface area contributed by atoms with Crippen molar-refractivity contribution in [3.8, 4) is 0 Å². The summed E-state index contributed by atoms with van der Waals surface area (Å²) in [7, 11) is -1.71. The number of hydrogen-bond donors (Lipinski definition) is 1. The molecule has 0 atom stereocenters. The Hall–Kier alpha value is -1.88. The van der Waals surface area contributed by atoms with E-state index in [-0.39, 0.29) is 0 Å². The first-order valence-electron chi connectivity index (χ1n) is 12.4. The molecular formula is C25H42BN3O5Si. The summed E-state index contributed by atoms with van der Waals surface area (Å²) in [6.45, 7) is 22.0. The zero-order valence-electron chi connectivity index (χ0n) is 23.1. The molecule has 0 bridgehead atoms. The van der Waals surface area contributed by atoms with E-state index in [1.165, 1.54) is 0 Å². The third kappa shape index (κ3) is 6.87. The van der Waals surface area contributed by atoms with Crippen molar-refractivity contribution in [1.29, 1.82) is 0 Å². The maximum absolute atomic E-state index is 12.3. The second-order valence-corrected chi connectivity index (χ2v) is 18.1. The number of ether oxygens (including phenoxy) is 2. The van der Waals surface area contributed by atoms with Crippen molar-refractivity contribution >= 4 is 37.7 Å². The molecule has 35 heavy (non-hydrogen) atoms. The maximum Gasteiger partial charge on any atom is 0.495 e. The number of hydrogen-bond acceptors (Lipinski definition) is 6. The number of rotatable bonds is 8. The second-order valence-electron chi connectivity index (χ2n) is 12.5. The lowest BCUT2D eigenvalue weighted by Crippen LogP contribution is -2.41. The maximum atomic E-state index is 12.3. The Morgan fingerprint density at radius 1 is 1.14 bits per heavy atom. The number of alkyl carbamates (subject to hydrolysis) is 1. The van der Waals surface area contributed by atoms with E-state index in [9.17, 15) is 4.79 Å². The van der Waals surface area contributed by atoms with Crippen LogP contribution < -0.4 is 10.8 Å². The van der Waals surface area contributed by atoms with E-state index in [1.807, 2.05) is 71.5 Å². The van der Waals surface area contributed by atoms with Crippen molar-refractivity contribution < 1.29 is 23.6 Å². The van der Waals surface area contributed by atoms with Gasteiger partial charge >= 0.3 is 13.2 Å². The van der Waals surface area contributed by atoms with E-state index in [4.69, 9.17) is 18.8 Å². The predicted octanol–water partition coefficient (Wildman–Crippen LogP) is 4.67. The highest BCUT2D eigenvalue weighted by molar-refractivity contribution is 6.76. The number of nitrogens with zero attached hydrogens (tertiary/aromatic N) is 2. The van der Waals surface area contributed by atoms with E-state index < -0.39 is 38.1 Å². The summed E-state index contributed by atoms with van der Waals surface area (Å²) in [4.78, 5) is 12.3. The van der Waals surface area contributed by atoms with Gasteiger partial charge in [0, 0.05) is 26.6 Å². The molecule has 1 fully saturated rings. The average molecular weight is 504 g/mol. The van der Waals surface area contributed by atoms with Gasteiger partial charge in [-0.2, -0.15) is 5.10 Å². The van der Waals surface area contributed by atoms with Gasteiger partial charge in [0.15, 0.2) is 0 Å². The molecule has 0 unspecified atom stereocenters. The van der Waals surface area contributed by atoms with Gasteiger partial charge in [-0.25, -0.2) is 9.48 Å². The molecule has 8 nitrogen and oxygen atoms in total. The Balaban J connectivity index is 1.90. The largest absolute Gasteiger partial charge is 0.495 e. The highest BCUT2D eigenvalue weighted by Gasteiger charge is 2.52. The minimum Gasteiger partial charge on any atom is -0.444 e. The van der Waals surface area contributed by atoms with Gasteiger partial charge < -0.3 is 24.1 Å². The van der Waals surface area contributed by atoms with Gasteiger partial charge in [0.1, 0.15) is 12.3 Å². The lowest BCUT2D eigenvalue weighted by Gasteiger charge is -2.32. The zero-order valence-corrected chi connectivity index (χ0v) is 24.1. The van der Waals surface area contributed by atoms with E-state index in [1.54, 1.807) is 0 Å². The smallest absolute Gasteiger partial charge is 0.444 e. The zero-order chi connectivity index (χ0) is 26.2. The number of benzene rings is 1. The summed E-state index contributed by atoms with van der Waals surface area (Å²) < 4.78 is 25.9. The summed E-state index contributed by atoms with van der Waals surface area (Å²) in [6, 6.07) is 5.06. The number of carbonyl (C=O) groups excluding carboxylic acids is 1. The number of carbonyl (C=O) groups is 1. The van der Waals surface area contributed by atoms with Crippen LogP contribution in [0.5, 0.6) is 0 Å². The first kappa shape index (κ1) is 27.7. The molecule has 0 saturated carbocycles. The molecule has 2 heterocycles. The molecule has 1 aliphatic heterocycles. The lowest BCUT2D eigenvalue weighted by molar-refractivity contribution is 0.00578. The first-order valence-corrected chi connectivity index (χ1v) is 16.1. The molecule has 1 aliphatic rings. The number of amides is 1. The van der Waals surface area contributed by atoms with Gasteiger partial charge in [-0.15, -0.1) is 0 Å². The van der Waals surface area contributed by atoms with Gasteiger partial charge in [-0.3, -0.25) is 0 Å². The highest BCUT2D eigenvalue weighted by Crippen LogP contribution is 2.37. The van der Waals surface area contributed by atoms with Gasteiger partial charge in [-0.05, 0) is 65.5 Å². The molecule has 1 amide bonds. The fourth-order valence-electron chi connectivity index (χ4n) is 3.72. The quantitative estimate of drug-likeness (QED) is 0.416. The average Bonchev–Trinajstić information content (AvgIpc) is 3.19. The second kappa shape index (κ2) is 9.88. The van der Waals surface area contributed by atoms with Gasteiger partial charge in [0.2, 0.25) is 0 Å². The van der Waals surface area contributed by atoms with Gasteiger partial charge in [0.05, 0.1) is 22.9 Å². The first-order chi connectivity index (χ1) is 16.0. The van der Waals surface area contributed by atoms with Crippen LogP contribution in [0.2, 0.25) is 25.7 Å². The van der Waals surface area contributed by atoms with Crippen molar-refractivity contribution in [1.82, 2.24) is 15.1 Å². The molecule has 194 valence electrons. The normalized spacial score (nSPS) is 17.7. The lowest BCUT2D eigenvalue weighted by atomic mass is 9.76. The van der Waals surface area contributed by atoms with E-state index in [0.29, 0.717) is 19.9 Å². The minimum atomic E-state index is -1.19. The van der Waals surface area contributed by atoms with Crippen LogP contribution in [0.1, 0.15) is 54.0 Å². The van der Waals surface area contributed by atoms with Crippen LogP contribution >= 0.6 is 0 Å². The van der Waals surface area contributed by atoms with Crippen molar-refractivity contribution in [2.24, 2.45) is 0 Å². The summed E-state index contributed by atoms with van der Waals surface area (Å²) in [5, 5.41) is 8.41. The van der Waals surface area contributed by atoms with Crippen LogP contribution in [0.4, 0.5) is 4.79 Å². The molecule has 0 spiro atoms. The van der Waals surface area contributed by atoms with E-state index >= 15 is 0 Å². The molecule has 1 aromatic carbocycles. The number of nitrogens with one attached hydrogen (secondary N) is 1. The Morgan fingerprint density at radius 2 is 1.77 bits per heavy atom. The summed E-state index contributed by atoms with van der Waals surface area (Å²) in [5.41, 5.74) is 1.26. The van der Waals surface area contributed by atoms with E-state index in [2.05, 4.69) is 30.1 Å². The number of fused-ring (bicyclic) bond motifs is 1. The van der Waals surface area contributed by atoms with Crippen LogP contribution in [0.25, 0.3) is 10.9 Å². The summed E-state index contributed by atoms with van der Waals surface area (Å²) in [6.07, 6.45) is 1.37. The number of aromatic nitrogens is 2. The van der Waals surface area contributed by atoms with Crippen molar-refractivity contribution in [2.45, 2.75) is 104 Å². The molecule has 3 rings (SSSR count). The van der Waals surface area contributed by atoms with Crippen molar-refractivity contribution in [3.63, 3.8) is 0 Å². The third-order valence-corrected chi connectivity index (χ3v) is 8.16. The molecule has 0 radical (unpaired) electrons. The van der Waals surface area contributed by atoms with Crippen LogP contribution in [-0.4, -0.2) is 54.5 Å². The Bertz CT molecular complexity index is 1040. The molecule has 1 N–H and O–H groups in total. The fraction of sp³-hybridized carbons (Fsp3) is 0.680. The van der Waals surface area contributed by atoms with Gasteiger partial charge in [0.25, 0.3) is 0 Å². The molecular weight excluding hydrogens is 461 g/mol. The predicted molar refractivity (Wildman–Crippen MR) is 143 cm³/mol. The minimum absolute atomic E-state index is 0.301. The molecule has 1 aromatic heterocycles. The van der Waals surface area contributed by atoms with Crippen LogP contribution in [0, 0.1) is 0 Å². The molecule has 0 aliphatic carbocycles. The monoisotopic (exact) mass is 503 g/mol. The van der Waals surface area contributed by atoms with Crippen LogP contribution in [0.3, 0.4) is 0 Å². The van der Waals surface area contributed by atoms with Crippen molar-refractivity contribution in [2.75, 3.05) is 6.61 Å². The molecule has 2 aromatic rings. The molecule has 10 heteroatoms. The van der Waals surface area contributed by atoms with Crippen LogP contribution in [0.15, 0.2) is 18.3 Å². The molecule has 1 saturated heterocycles. The summed E-state index contributed by atoms with van der Waals surface area (Å²) in [5.74, 6) is 0. The third-order valence-electron chi connectivity index (χ3n) is 6.46. The summed E-state index contributed by atoms with van der Waals surface area (Å²) >= 11 is 0. The topological polar surface area (TPSA) is 83.8 Å².